The molecule has 0 fully saturated rings. The first-order valence-electron chi connectivity index (χ1n) is 5.57. The highest BCUT2D eigenvalue weighted by Crippen LogP contribution is 2.35. The van der Waals surface area contributed by atoms with Crippen molar-refractivity contribution in [3.05, 3.63) is 71.5 Å². The van der Waals surface area contributed by atoms with Gasteiger partial charge in [-0.2, -0.15) is 13.2 Å². The molecule has 0 aliphatic rings. The van der Waals surface area contributed by atoms with E-state index in [4.69, 9.17) is 0 Å². The number of hydrogen-bond donors (Lipinski definition) is 0. The zero-order valence-electron chi connectivity index (χ0n) is 9.79. The lowest BCUT2D eigenvalue weighted by molar-refractivity contribution is -0.0683. The van der Waals surface area contributed by atoms with Crippen LogP contribution < -0.4 is 0 Å². The van der Waals surface area contributed by atoms with Crippen LogP contribution in [0, 0.1) is 5.82 Å². The van der Waals surface area contributed by atoms with Gasteiger partial charge in [0.1, 0.15) is 5.82 Å². The molecule has 0 bridgehead atoms. The predicted molar refractivity (Wildman–Crippen MR) is 66.8 cm³/mol. The second kappa shape index (κ2) is 5.26. The molecule has 0 radical (unpaired) electrons. The Kier molecular flexibility index (Phi) is 3.69. The molecule has 0 spiro atoms. The molecule has 0 saturated carbocycles. The topological polar surface area (TPSA) is 0 Å². The molecule has 0 nitrogen and oxygen atoms in total. The first-order valence-corrected chi connectivity index (χ1v) is 5.57. The monoisotopic (exact) mass is 266 g/mol. The fourth-order valence-electron chi connectivity index (χ4n) is 1.67. The summed E-state index contributed by atoms with van der Waals surface area (Å²) >= 11 is 0. The molecule has 0 amide bonds. The van der Waals surface area contributed by atoms with Gasteiger partial charge < -0.3 is 0 Å². The minimum Gasteiger partial charge on any atom is -0.207 e. The molecule has 19 heavy (non-hydrogen) atoms. The molecule has 4 heteroatoms. The van der Waals surface area contributed by atoms with Gasteiger partial charge in [0, 0.05) is 0 Å². The number of benzene rings is 2. The Bertz CT molecular complexity index is 565. The van der Waals surface area contributed by atoms with Crippen LogP contribution in [-0.2, 0) is 0 Å². The summed E-state index contributed by atoms with van der Waals surface area (Å²) in [6.07, 6.45) is -3.45. The van der Waals surface area contributed by atoms with Gasteiger partial charge in [-0.05, 0) is 29.3 Å². The van der Waals surface area contributed by atoms with Crippen LogP contribution in [0.3, 0.4) is 0 Å². The minimum atomic E-state index is -4.46. The van der Waals surface area contributed by atoms with Gasteiger partial charge in [-0.15, -0.1) is 0 Å². The molecule has 2 rings (SSSR count). The number of hydrogen-bond acceptors (Lipinski definition) is 0. The predicted octanol–water partition coefficient (Wildman–Crippen LogP) is 4.93. The number of allylic oxidation sites excluding steroid dienone is 1. The number of rotatable bonds is 2. The molecule has 0 N–H and O–H groups in total. The third-order valence-electron chi connectivity index (χ3n) is 2.57. The van der Waals surface area contributed by atoms with Crippen LogP contribution in [0.5, 0.6) is 0 Å². The maximum Gasteiger partial charge on any atom is 0.417 e. The quantitative estimate of drug-likeness (QED) is 0.534. The summed E-state index contributed by atoms with van der Waals surface area (Å²) < 4.78 is 51.8. The van der Waals surface area contributed by atoms with Crippen molar-refractivity contribution >= 4 is 11.6 Å². The van der Waals surface area contributed by atoms with E-state index >= 15 is 0 Å². The highest BCUT2D eigenvalue weighted by atomic mass is 19.4. The van der Waals surface area contributed by atoms with Gasteiger partial charge in [0.25, 0.3) is 0 Å². The molecule has 2 aromatic rings. The summed E-state index contributed by atoms with van der Waals surface area (Å²) in [6.45, 7) is 0. The van der Waals surface area contributed by atoms with Gasteiger partial charge in [0.15, 0.2) is 0 Å². The first-order chi connectivity index (χ1) is 8.97. The van der Waals surface area contributed by atoms with Gasteiger partial charge in [0.05, 0.1) is 5.57 Å². The molecule has 98 valence electrons. The summed E-state index contributed by atoms with van der Waals surface area (Å²) in [6, 6.07) is 12.4. The van der Waals surface area contributed by atoms with Crippen molar-refractivity contribution in [1.29, 1.82) is 0 Å². The lowest BCUT2D eigenvalue weighted by Gasteiger charge is -2.12. The molecule has 0 aromatic heterocycles. The van der Waals surface area contributed by atoms with Gasteiger partial charge in [0.2, 0.25) is 0 Å². The SMILES string of the molecule is Fc1ccc(/C=C(/c2ccccc2)C(F)(F)F)cc1. The van der Waals surface area contributed by atoms with Crippen molar-refractivity contribution < 1.29 is 17.6 Å². The van der Waals surface area contributed by atoms with E-state index < -0.39 is 17.6 Å². The Balaban J connectivity index is 2.47. The molecule has 0 atom stereocenters. The Morgan fingerprint density at radius 1 is 0.842 bits per heavy atom. The van der Waals surface area contributed by atoms with Crippen molar-refractivity contribution in [3.63, 3.8) is 0 Å². The van der Waals surface area contributed by atoms with Crippen LogP contribution in [0.15, 0.2) is 54.6 Å². The highest BCUT2D eigenvalue weighted by molar-refractivity contribution is 5.84. The minimum absolute atomic E-state index is 0.0827. The number of halogens is 4. The van der Waals surface area contributed by atoms with Crippen molar-refractivity contribution in [1.82, 2.24) is 0 Å². The molecule has 0 unspecified atom stereocenters. The average Bonchev–Trinajstić information content (AvgIpc) is 2.37. The Labute approximate surface area is 108 Å². The Hall–Kier alpha value is -2.10. The van der Waals surface area contributed by atoms with Crippen LogP contribution in [0.25, 0.3) is 11.6 Å². The van der Waals surface area contributed by atoms with E-state index in [1.165, 1.54) is 24.3 Å². The molecular weight excluding hydrogens is 256 g/mol. The largest absolute Gasteiger partial charge is 0.417 e. The first kappa shape index (κ1) is 13.3. The summed E-state index contributed by atoms with van der Waals surface area (Å²) in [4.78, 5) is 0. The van der Waals surface area contributed by atoms with E-state index in [0.29, 0.717) is 5.56 Å². The van der Waals surface area contributed by atoms with E-state index in [1.54, 1.807) is 18.2 Å². The molecule has 0 aliphatic carbocycles. The van der Waals surface area contributed by atoms with E-state index in [-0.39, 0.29) is 5.56 Å². The normalized spacial score (nSPS) is 12.5. The van der Waals surface area contributed by atoms with Crippen molar-refractivity contribution in [2.45, 2.75) is 6.18 Å². The number of alkyl halides is 3. The smallest absolute Gasteiger partial charge is 0.207 e. The fourth-order valence-corrected chi connectivity index (χ4v) is 1.67. The average molecular weight is 266 g/mol. The molecule has 0 aliphatic heterocycles. The molecule has 0 saturated heterocycles. The third kappa shape index (κ3) is 3.44. The summed E-state index contributed by atoms with van der Waals surface area (Å²) in [5.41, 5.74) is -0.364. The second-order valence-corrected chi connectivity index (χ2v) is 3.97. The van der Waals surface area contributed by atoms with Gasteiger partial charge >= 0.3 is 6.18 Å². The van der Waals surface area contributed by atoms with Crippen molar-refractivity contribution in [2.75, 3.05) is 0 Å². The maximum absolute atomic E-state index is 13.0. The zero-order valence-corrected chi connectivity index (χ0v) is 9.79. The van der Waals surface area contributed by atoms with E-state index in [1.807, 2.05) is 0 Å². The van der Waals surface area contributed by atoms with Gasteiger partial charge in [-0.1, -0.05) is 42.5 Å². The van der Waals surface area contributed by atoms with Crippen molar-refractivity contribution in [2.24, 2.45) is 0 Å². The fraction of sp³-hybridized carbons (Fsp3) is 0.0667. The Morgan fingerprint density at radius 2 is 1.42 bits per heavy atom. The molecule has 0 heterocycles. The van der Waals surface area contributed by atoms with Crippen LogP contribution in [0.2, 0.25) is 0 Å². The molecular formula is C15H10F4. The second-order valence-electron chi connectivity index (χ2n) is 3.97. The Morgan fingerprint density at radius 3 is 1.95 bits per heavy atom. The zero-order chi connectivity index (χ0) is 13.9. The summed E-state index contributed by atoms with van der Waals surface area (Å²) in [7, 11) is 0. The van der Waals surface area contributed by atoms with Gasteiger partial charge in [-0.25, -0.2) is 4.39 Å². The highest BCUT2D eigenvalue weighted by Gasteiger charge is 2.34. The van der Waals surface area contributed by atoms with E-state index in [0.717, 1.165) is 18.2 Å². The van der Waals surface area contributed by atoms with E-state index in [9.17, 15) is 17.6 Å². The standard InChI is InChI=1S/C15H10F4/c16-13-8-6-11(7-9-13)10-14(15(17,18)19)12-4-2-1-3-5-12/h1-10H/b14-10-. The van der Waals surface area contributed by atoms with Crippen LogP contribution in [-0.4, -0.2) is 6.18 Å². The van der Waals surface area contributed by atoms with Crippen LogP contribution >= 0.6 is 0 Å². The maximum atomic E-state index is 13.0. The van der Waals surface area contributed by atoms with Gasteiger partial charge in [-0.3, -0.25) is 0 Å². The lowest BCUT2D eigenvalue weighted by Crippen LogP contribution is -2.10. The van der Waals surface area contributed by atoms with Crippen LogP contribution in [0.1, 0.15) is 11.1 Å². The summed E-state index contributed by atoms with van der Waals surface area (Å²) in [5, 5.41) is 0. The summed E-state index contributed by atoms with van der Waals surface area (Å²) in [5.74, 6) is -0.481. The van der Waals surface area contributed by atoms with Crippen molar-refractivity contribution in [3.8, 4) is 0 Å². The van der Waals surface area contributed by atoms with Crippen LogP contribution in [0.4, 0.5) is 17.6 Å². The third-order valence-corrected chi connectivity index (χ3v) is 2.57. The van der Waals surface area contributed by atoms with E-state index in [2.05, 4.69) is 0 Å². The lowest BCUT2D eigenvalue weighted by atomic mass is 10.0. The molecule has 2 aromatic carbocycles.